The Labute approximate surface area is 148 Å². The van der Waals surface area contributed by atoms with Gasteiger partial charge in [-0.15, -0.1) is 0 Å². The van der Waals surface area contributed by atoms with Crippen molar-refractivity contribution in [1.29, 1.82) is 0 Å². The van der Waals surface area contributed by atoms with Gasteiger partial charge in [0.25, 0.3) is 0 Å². The quantitative estimate of drug-likeness (QED) is 0.784. The third-order valence-corrected chi connectivity index (χ3v) is 5.75. The second-order valence-corrected chi connectivity index (χ2v) is 7.46. The summed E-state index contributed by atoms with van der Waals surface area (Å²) in [4.78, 5) is 28.9. The highest BCUT2D eigenvalue weighted by atomic mass is 16.5. The summed E-state index contributed by atoms with van der Waals surface area (Å²) in [6, 6.07) is 0. The first-order valence-electron chi connectivity index (χ1n) is 9.04. The molecule has 2 fully saturated rings. The molecule has 3 rings (SSSR count). The van der Waals surface area contributed by atoms with Crippen LogP contribution in [0.5, 0.6) is 0 Å². The van der Waals surface area contributed by atoms with E-state index in [9.17, 15) is 9.59 Å². The van der Waals surface area contributed by atoms with Crippen molar-refractivity contribution in [3.63, 3.8) is 0 Å². The largest absolute Gasteiger partial charge is 0.383 e. The van der Waals surface area contributed by atoms with E-state index in [4.69, 9.17) is 4.74 Å². The van der Waals surface area contributed by atoms with E-state index in [1.807, 2.05) is 18.1 Å². The summed E-state index contributed by atoms with van der Waals surface area (Å²) in [7, 11) is 3.54. The van der Waals surface area contributed by atoms with Gasteiger partial charge in [0.05, 0.1) is 31.0 Å². The summed E-state index contributed by atoms with van der Waals surface area (Å²) < 4.78 is 6.80. The molecule has 7 heteroatoms. The van der Waals surface area contributed by atoms with Crippen LogP contribution in [0.25, 0.3) is 0 Å². The average molecular weight is 348 g/mol. The summed E-state index contributed by atoms with van der Waals surface area (Å²) in [5, 5.41) is 4.26. The van der Waals surface area contributed by atoms with Crippen molar-refractivity contribution in [2.45, 2.75) is 51.1 Å². The van der Waals surface area contributed by atoms with Gasteiger partial charge in [-0.3, -0.25) is 14.3 Å². The second kappa shape index (κ2) is 7.15. The second-order valence-electron chi connectivity index (χ2n) is 7.46. The average Bonchev–Trinajstić information content (AvgIpc) is 3.32. The lowest BCUT2D eigenvalue weighted by Crippen LogP contribution is -2.48. The van der Waals surface area contributed by atoms with E-state index < -0.39 is 0 Å². The lowest BCUT2D eigenvalue weighted by molar-refractivity contribution is -0.139. The molecule has 138 valence electrons. The van der Waals surface area contributed by atoms with Gasteiger partial charge in [-0.05, 0) is 19.8 Å². The van der Waals surface area contributed by atoms with Crippen LogP contribution < -0.4 is 4.90 Å². The molecule has 7 nitrogen and oxygen atoms in total. The van der Waals surface area contributed by atoms with Crippen LogP contribution >= 0.6 is 0 Å². The van der Waals surface area contributed by atoms with Crippen LogP contribution in [0.15, 0.2) is 12.4 Å². The monoisotopic (exact) mass is 348 g/mol. The molecule has 25 heavy (non-hydrogen) atoms. The highest BCUT2D eigenvalue weighted by molar-refractivity contribution is 6.00. The van der Waals surface area contributed by atoms with E-state index in [1.165, 1.54) is 12.8 Å². The van der Waals surface area contributed by atoms with E-state index in [0.717, 1.165) is 18.5 Å². The number of amides is 2. The van der Waals surface area contributed by atoms with Crippen LogP contribution in [0.2, 0.25) is 0 Å². The van der Waals surface area contributed by atoms with Gasteiger partial charge in [-0.2, -0.15) is 5.10 Å². The predicted molar refractivity (Wildman–Crippen MR) is 94.2 cm³/mol. The van der Waals surface area contributed by atoms with Crippen molar-refractivity contribution in [1.82, 2.24) is 14.7 Å². The fourth-order valence-electron chi connectivity index (χ4n) is 3.93. The highest BCUT2D eigenvalue weighted by Gasteiger charge is 2.42. The van der Waals surface area contributed by atoms with Gasteiger partial charge >= 0.3 is 0 Å². The van der Waals surface area contributed by atoms with Crippen LogP contribution in [0, 0.1) is 5.92 Å². The van der Waals surface area contributed by atoms with Crippen LogP contribution in [-0.4, -0.2) is 59.3 Å². The van der Waals surface area contributed by atoms with Gasteiger partial charge in [-0.1, -0.05) is 12.8 Å². The first kappa shape index (κ1) is 17.9. The number of hydrogen-bond acceptors (Lipinski definition) is 4. The zero-order valence-electron chi connectivity index (χ0n) is 15.4. The number of hydrogen-bond donors (Lipinski definition) is 0. The lowest BCUT2D eigenvalue weighted by Gasteiger charge is -2.37. The Morgan fingerprint density at radius 1 is 1.44 bits per heavy atom. The van der Waals surface area contributed by atoms with Gasteiger partial charge in [0.15, 0.2) is 0 Å². The summed E-state index contributed by atoms with van der Waals surface area (Å²) in [5.41, 5.74) is 0.699. The summed E-state index contributed by atoms with van der Waals surface area (Å²) in [5.74, 6) is -0.182. The number of rotatable bonds is 6. The first-order chi connectivity index (χ1) is 11.9. The summed E-state index contributed by atoms with van der Waals surface area (Å²) in [6.45, 7) is 3.81. The first-order valence-corrected chi connectivity index (χ1v) is 9.04. The molecule has 0 bridgehead atoms. The van der Waals surface area contributed by atoms with E-state index >= 15 is 0 Å². The summed E-state index contributed by atoms with van der Waals surface area (Å²) >= 11 is 0. The number of carbonyl (C=O) groups excluding carboxylic acids is 2. The highest BCUT2D eigenvalue weighted by Crippen LogP contribution is 2.36. The molecule has 1 saturated carbocycles. The zero-order chi connectivity index (χ0) is 18.0. The Morgan fingerprint density at radius 3 is 2.84 bits per heavy atom. The molecule has 0 spiro atoms. The van der Waals surface area contributed by atoms with Gasteiger partial charge in [0.2, 0.25) is 11.8 Å². The van der Waals surface area contributed by atoms with Crippen molar-refractivity contribution in [2.75, 3.05) is 32.2 Å². The lowest BCUT2D eigenvalue weighted by atomic mass is 9.96. The SMILES string of the molecule is COCCn1cc(N2CC(C(=O)N(C)C3(C)CCCC3)CC2=O)cn1. The fourth-order valence-corrected chi connectivity index (χ4v) is 3.93. The van der Waals surface area contributed by atoms with E-state index in [-0.39, 0.29) is 29.7 Å². The zero-order valence-corrected chi connectivity index (χ0v) is 15.4. The van der Waals surface area contributed by atoms with Crippen molar-refractivity contribution < 1.29 is 14.3 Å². The van der Waals surface area contributed by atoms with Gasteiger partial charge in [0.1, 0.15) is 0 Å². The molecule has 1 aliphatic heterocycles. The minimum absolute atomic E-state index is 0.00498. The molecule has 1 aliphatic carbocycles. The molecule has 0 N–H and O–H groups in total. The maximum atomic E-state index is 12.9. The molecular formula is C18H28N4O3. The number of carbonyl (C=O) groups is 2. The molecule has 1 aromatic rings. The van der Waals surface area contributed by atoms with Crippen LogP contribution in [-0.2, 0) is 20.9 Å². The fraction of sp³-hybridized carbons (Fsp3) is 0.722. The molecule has 1 saturated heterocycles. The molecule has 1 aromatic heterocycles. The van der Waals surface area contributed by atoms with Crippen LogP contribution in [0.4, 0.5) is 5.69 Å². The minimum atomic E-state index is -0.266. The van der Waals surface area contributed by atoms with Crippen LogP contribution in [0.3, 0.4) is 0 Å². The third-order valence-electron chi connectivity index (χ3n) is 5.75. The number of anilines is 1. The Balaban J connectivity index is 1.65. The maximum absolute atomic E-state index is 12.9. The number of methoxy groups -OCH3 is 1. The van der Waals surface area contributed by atoms with Crippen molar-refractivity contribution >= 4 is 17.5 Å². The molecular weight excluding hydrogens is 320 g/mol. The van der Waals surface area contributed by atoms with Crippen molar-refractivity contribution in [2.24, 2.45) is 5.92 Å². The number of aromatic nitrogens is 2. The smallest absolute Gasteiger partial charge is 0.228 e. The topological polar surface area (TPSA) is 67.7 Å². The van der Waals surface area contributed by atoms with Crippen molar-refractivity contribution in [3.8, 4) is 0 Å². The molecule has 1 unspecified atom stereocenters. The molecule has 2 aliphatic rings. The van der Waals surface area contributed by atoms with Crippen molar-refractivity contribution in [3.05, 3.63) is 12.4 Å². The normalized spacial score (nSPS) is 22.6. The van der Waals surface area contributed by atoms with Gasteiger partial charge in [0, 0.05) is 38.9 Å². The predicted octanol–water partition coefficient (Wildman–Crippen LogP) is 1.67. The third kappa shape index (κ3) is 3.56. The Kier molecular flexibility index (Phi) is 5.13. The van der Waals surface area contributed by atoms with E-state index in [1.54, 1.807) is 22.9 Å². The molecule has 2 heterocycles. The number of ether oxygens (including phenoxy) is 1. The Morgan fingerprint density at radius 2 is 2.16 bits per heavy atom. The van der Waals surface area contributed by atoms with E-state index in [2.05, 4.69) is 12.0 Å². The van der Waals surface area contributed by atoms with Gasteiger partial charge < -0.3 is 14.5 Å². The Hall–Kier alpha value is -1.89. The van der Waals surface area contributed by atoms with Gasteiger partial charge in [-0.25, -0.2) is 0 Å². The molecule has 0 radical (unpaired) electrons. The minimum Gasteiger partial charge on any atom is -0.383 e. The van der Waals surface area contributed by atoms with Crippen LogP contribution in [0.1, 0.15) is 39.0 Å². The standard InChI is InChI=1S/C18H28N4O3/c1-18(6-4-5-7-18)20(2)17(24)14-10-16(23)22(12-14)15-11-19-21(13-15)8-9-25-3/h11,13-14H,4-10,12H2,1-3H3. The molecule has 0 aromatic carbocycles. The van der Waals surface area contributed by atoms with E-state index in [0.29, 0.717) is 19.7 Å². The summed E-state index contributed by atoms with van der Waals surface area (Å²) in [6.07, 6.45) is 8.24. The number of nitrogens with zero attached hydrogens (tertiary/aromatic N) is 4. The molecule has 2 amide bonds. The molecule has 1 atom stereocenters. The maximum Gasteiger partial charge on any atom is 0.228 e. The Bertz CT molecular complexity index is 636.